The molecule has 0 aliphatic carbocycles. The molecule has 1 aliphatic rings. The number of benzene rings is 2. The number of nitrogens with zero attached hydrogens (tertiary/aromatic N) is 5. The van der Waals surface area contributed by atoms with Crippen LogP contribution in [0.4, 0.5) is 17.3 Å². The van der Waals surface area contributed by atoms with Crippen molar-refractivity contribution in [1.29, 1.82) is 0 Å². The van der Waals surface area contributed by atoms with Gasteiger partial charge in [-0.05, 0) is 60.5 Å². The lowest BCUT2D eigenvalue weighted by Crippen LogP contribution is -2.57. The number of carbonyl (C=O) groups excluding carboxylic acids is 2. The summed E-state index contributed by atoms with van der Waals surface area (Å²) in [6.45, 7) is 8.34. The second kappa shape index (κ2) is 12.9. The van der Waals surface area contributed by atoms with Gasteiger partial charge in [0.15, 0.2) is 0 Å². The van der Waals surface area contributed by atoms with Gasteiger partial charge in [0, 0.05) is 67.7 Å². The van der Waals surface area contributed by atoms with Crippen LogP contribution in [0.5, 0.6) is 0 Å². The SMILES string of the molecule is CC(=O)OC[N+]1(C)CCN(Cc2ccc(C(=O)Nc3ccc(C)c(Nc4nccc(-c5cccnc5)n4)c3)cc2)CC1. The molecule has 0 spiro atoms. The fourth-order valence-corrected chi connectivity index (χ4v) is 4.80. The highest BCUT2D eigenvalue weighted by molar-refractivity contribution is 6.04. The highest BCUT2D eigenvalue weighted by Gasteiger charge is 2.29. The number of carbonyl (C=O) groups is 2. The van der Waals surface area contributed by atoms with Crippen molar-refractivity contribution in [3.8, 4) is 11.3 Å². The largest absolute Gasteiger partial charge is 0.415 e. The Labute approximate surface area is 246 Å². The van der Waals surface area contributed by atoms with Gasteiger partial charge < -0.3 is 15.4 Å². The molecular weight excluding hydrogens is 530 g/mol. The fraction of sp³-hybridized carbons (Fsp3) is 0.281. The van der Waals surface area contributed by atoms with E-state index in [1.807, 2.05) is 67.6 Å². The molecule has 10 heteroatoms. The van der Waals surface area contributed by atoms with E-state index in [9.17, 15) is 9.59 Å². The number of pyridine rings is 1. The summed E-state index contributed by atoms with van der Waals surface area (Å²) in [7, 11) is 2.12. The van der Waals surface area contributed by atoms with Gasteiger partial charge in [-0.25, -0.2) is 9.97 Å². The number of anilines is 3. The van der Waals surface area contributed by atoms with E-state index in [0.29, 0.717) is 23.9 Å². The number of hydrogen-bond acceptors (Lipinski definition) is 8. The number of rotatable bonds is 9. The second-order valence-corrected chi connectivity index (χ2v) is 10.9. The molecule has 4 aromatic rings. The van der Waals surface area contributed by atoms with E-state index in [1.165, 1.54) is 6.92 Å². The van der Waals surface area contributed by atoms with Crippen LogP contribution >= 0.6 is 0 Å². The Bertz CT molecular complexity index is 1540. The minimum Gasteiger partial charge on any atom is -0.415 e. The van der Waals surface area contributed by atoms with Crippen LogP contribution in [0.15, 0.2) is 79.3 Å². The van der Waals surface area contributed by atoms with Crippen molar-refractivity contribution in [2.75, 3.05) is 50.6 Å². The van der Waals surface area contributed by atoms with Gasteiger partial charge >= 0.3 is 5.97 Å². The number of amides is 1. The van der Waals surface area contributed by atoms with Crippen molar-refractivity contribution in [2.45, 2.75) is 20.4 Å². The molecule has 10 nitrogen and oxygen atoms in total. The number of hydrogen-bond donors (Lipinski definition) is 2. The second-order valence-electron chi connectivity index (χ2n) is 10.9. The first kappa shape index (κ1) is 28.8. The van der Waals surface area contributed by atoms with Gasteiger partial charge in [-0.15, -0.1) is 0 Å². The van der Waals surface area contributed by atoms with Gasteiger partial charge in [0.25, 0.3) is 5.91 Å². The Morgan fingerprint density at radius 2 is 1.81 bits per heavy atom. The summed E-state index contributed by atoms with van der Waals surface area (Å²) in [5.74, 6) is 0.0424. The molecule has 2 N–H and O–H groups in total. The van der Waals surface area contributed by atoms with E-state index < -0.39 is 0 Å². The first-order valence-electron chi connectivity index (χ1n) is 14.0. The average Bonchev–Trinajstić information content (AvgIpc) is 3.00. The van der Waals surface area contributed by atoms with Crippen molar-refractivity contribution in [2.24, 2.45) is 0 Å². The average molecular weight is 567 g/mol. The maximum absolute atomic E-state index is 13.0. The maximum atomic E-state index is 13.0. The van der Waals surface area contributed by atoms with Crippen LogP contribution in [-0.4, -0.2) is 76.2 Å². The highest BCUT2D eigenvalue weighted by Crippen LogP contribution is 2.25. The van der Waals surface area contributed by atoms with Crippen LogP contribution in [0.2, 0.25) is 0 Å². The van der Waals surface area contributed by atoms with E-state index in [1.54, 1.807) is 18.6 Å². The molecule has 0 atom stereocenters. The van der Waals surface area contributed by atoms with E-state index in [2.05, 4.69) is 37.5 Å². The Morgan fingerprint density at radius 3 is 2.52 bits per heavy atom. The Hall–Kier alpha value is -4.67. The smallest absolute Gasteiger partial charge is 0.306 e. The van der Waals surface area contributed by atoms with Crippen LogP contribution < -0.4 is 10.6 Å². The quantitative estimate of drug-likeness (QED) is 0.223. The van der Waals surface area contributed by atoms with E-state index in [4.69, 9.17) is 4.74 Å². The van der Waals surface area contributed by atoms with Crippen molar-refractivity contribution < 1.29 is 18.8 Å². The van der Waals surface area contributed by atoms with Gasteiger partial charge in [0.2, 0.25) is 12.7 Å². The maximum Gasteiger partial charge on any atom is 0.306 e. The van der Waals surface area contributed by atoms with Gasteiger partial charge in [-0.3, -0.25) is 24.0 Å². The number of quaternary nitrogens is 1. The summed E-state index contributed by atoms with van der Waals surface area (Å²) in [6, 6.07) is 19.1. The zero-order valence-electron chi connectivity index (χ0n) is 24.2. The van der Waals surface area contributed by atoms with Gasteiger partial charge in [0.05, 0.1) is 25.8 Å². The predicted molar refractivity (Wildman–Crippen MR) is 162 cm³/mol. The highest BCUT2D eigenvalue weighted by atomic mass is 16.5. The molecule has 1 aliphatic heterocycles. The van der Waals surface area contributed by atoms with Gasteiger partial charge in [-0.2, -0.15) is 0 Å². The summed E-state index contributed by atoms with van der Waals surface area (Å²) < 4.78 is 5.97. The third-order valence-corrected chi connectivity index (χ3v) is 7.47. The van der Waals surface area contributed by atoms with Gasteiger partial charge in [0.1, 0.15) is 0 Å². The normalized spacial score (nSPS) is 14.6. The first-order valence-corrected chi connectivity index (χ1v) is 14.0. The van der Waals surface area contributed by atoms with Crippen LogP contribution in [0.3, 0.4) is 0 Å². The number of esters is 1. The predicted octanol–water partition coefficient (Wildman–Crippen LogP) is 4.63. The zero-order chi connectivity index (χ0) is 29.5. The van der Waals surface area contributed by atoms with E-state index in [-0.39, 0.29) is 11.9 Å². The molecule has 0 saturated carbocycles. The number of nitrogens with one attached hydrogen (secondary N) is 2. The summed E-state index contributed by atoms with van der Waals surface area (Å²) in [5, 5.41) is 6.28. The lowest BCUT2D eigenvalue weighted by molar-refractivity contribution is -0.929. The minimum atomic E-state index is -0.238. The van der Waals surface area contributed by atoms with Gasteiger partial charge in [-0.1, -0.05) is 18.2 Å². The van der Waals surface area contributed by atoms with E-state index >= 15 is 0 Å². The van der Waals surface area contributed by atoms with Crippen molar-refractivity contribution in [1.82, 2.24) is 19.9 Å². The standard InChI is InChI=1S/C32H35N7O3/c1-23-6-11-28(19-30(23)37-32-34-14-12-29(36-32)27-5-4-13-33-20-27)35-31(41)26-9-7-25(8-10-26)21-38-15-17-39(3,18-16-38)22-42-24(2)40/h4-14,19-20H,15-18,21-22H2,1-3H3,(H-,34,35,36,37,41)/p+1. The minimum absolute atomic E-state index is 0.178. The monoisotopic (exact) mass is 566 g/mol. The molecule has 0 bridgehead atoms. The molecule has 1 amide bonds. The molecule has 216 valence electrons. The first-order chi connectivity index (χ1) is 20.3. The molecule has 42 heavy (non-hydrogen) atoms. The molecule has 0 radical (unpaired) electrons. The molecule has 1 saturated heterocycles. The third-order valence-electron chi connectivity index (χ3n) is 7.47. The van der Waals surface area contributed by atoms with Crippen LogP contribution in [0, 0.1) is 6.92 Å². The number of aryl methyl sites for hydroxylation is 1. The summed E-state index contributed by atoms with van der Waals surface area (Å²) in [4.78, 5) is 39.7. The van der Waals surface area contributed by atoms with Crippen LogP contribution in [-0.2, 0) is 16.1 Å². The molecule has 0 unspecified atom stereocenters. The summed E-state index contributed by atoms with van der Waals surface area (Å²) in [5.41, 5.74) is 5.88. The molecule has 3 heterocycles. The summed E-state index contributed by atoms with van der Waals surface area (Å²) >= 11 is 0. The lowest BCUT2D eigenvalue weighted by atomic mass is 10.1. The molecular formula is C32H36N7O3+. The number of aromatic nitrogens is 3. The van der Waals surface area contributed by atoms with Crippen LogP contribution in [0.1, 0.15) is 28.4 Å². The number of piperazine rings is 1. The van der Waals surface area contributed by atoms with Crippen molar-refractivity contribution in [3.63, 3.8) is 0 Å². The van der Waals surface area contributed by atoms with E-state index in [0.717, 1.165) is 65.3 Å². The van der Waals surface area contributed by atoms with Crippen molar-refractivity contribution >= 4 is 29.2 Å². The lowest BCUT2D eigenvalue weighted by Gasteiger charge is -2.41. The van der Waals surface area contributed by atoms with Crippen LogP contribution in [0.25, 0.3) is 11.3 Å². The molecule has 2 aromatic carbocycles. The number of likely N-dealkylation sites (N-methyl/N-ethyl adjacent to an activating group) is 1. The topological polar surface area (TPSA) is 109 Å². The Kier molecular flexibility index (Phi) is 8.85. The Balaban J connectivity index is 1.17. The Morgan fingerprint density at radius 1 is 1.02 bits per heavy atom. The third kappa shape index (κ3) is 7.54. The van der Waals surface area contributed by atoms with Crippen molar-refractivity contribution in [3.05, 3.63) is 95.9 Å². The molecule has 5 rings (SSSR count). The fourth-order valence-electron chi connectivity index (χ4n) is 4.80. The molecule has 1 fully saturated rings. The zero-order valence-corrected chi connectivity index (χ0v) is 24.2. The number of ether oxygens (including phenoxy) is 1. The molecule has 2 aromatic heterocycles. The summed E-state index contributed by atoms with van der Waals surface area (Å²) in [6.07, 6.45) is 5.19.